The molecule has 2 fully saturated rings. The van der Waals surface area contributed by atoms with Gasteiger partial charge in [0.25, 0.3) is 0 Å². The van der Waals surface area contributed by atoms with Gasteiger partial charge in [0.2, 0.25) is 0 Å². The Morgan fingerprint density at radius 2 is 2.04 bits per heavy atom. The topological polar surface area (TPSA) is 49.3 Å². The van der Waals surface area contributed by atoms with Crippen LogP contribution >= 0.6 is 11.3 Å². The fourth-order valence-corrected chi connectivity index (χ4v) is 6.92. The molecule has 0 radical (unpaired) electrons. The van der Waals surface area contributed by atoms with Gasteiger partial charge >= 0.3 is 0 Å². The zero-order valence-electron chi connectivity index (χ0n) is 16.0. The molecule has 2 aliphatic heterocycles. The molecule has 3 atom stereocenters. The molecule has 0 bridgehead atoms. The number of aryl methyl sites for hydroxylation is 1. The fraction of sp³-hybridized carbons (Fsp3) is 0.429. The zero-order valence-corrected chi connectivity index (χ0v) is 17.6. The number of anilines is 1. The van der Waals surface area contributed by atoms with Gasteiger partial charge in [0.15, 0.2) is 0 Å². The first-order valence-corrected chi connectivity index (χ1v) is 11.9. The van der Waals surface area contributed by atoms with Crippen molar-refractivity contribution in [1.82, 2.24) is 14.3 Å². The van der Waals surface area contributed by atoms with Gasteiger partial charge in [-0.15, -0.1) is 11.3 Å². The second-order valence-electron chi connectivity index (χ2n) is 7.54. The van der Waals surface area contributed by atoms with E-state index in [2.05, 4.69) is 32.2 Å². The fourth-order valence-electron chi connectivity index (χ4n) is 4.53. The van der Waals surface area contributed by atoms with Crippen LogP contribution in [0.25, 0.3) is 10.2 Å². The van der Waals surface area contributed by atoms with Crippen LogP contribution in [0.3, 0.4) is 0 Å². The minimum atomic E-state index is -1.06. The van der Waals surface area contributed by atoms with Crippen molar-refractivity contribution >= 4 is 38.4 Å². The molecule has 0 aliphatic carbocycles. The molecule has 2 aromatic heterocycles. The highest BCUT2D eigenvalue weighted by molar-refractivity contribution is 7.82. The van der Waals surface area contributed by atoms with E-state index in [4.69, 9.17) is 0 Å². The van der Waals surface area contributed by atoms with E-state index in [-0.39, 0.29) is 0 Å². The molecule has 28 heavy (non-hydrogen) atoms. The lowest BCUT2D eigenvalue weighted by Gasteiger charge is -2.38. The Labute approximate surface area is 172 Å². The molecule has 0 spiro atoms. The van der Waals surface area contributed by atoms with E-state index in [0.29, 0.717) is 12.0 Å². The lowest BCUT2D eigenvalue weighted by Crippen LogP contribution is -2.46. The van der Waals surface area contributed by atoms with Crippen molar-refractivity contribution in [3.63, 3.8) is 0 Å². The summed E-state index contributed by atoms with van der Waals surface area (Å²) >= 11 is 1.77. The summed E-state index contributed by atoms with van der Waals surface area (Å²) in [6, 6.07) is 12.5. The molecule has 5 nitrogen and oxygen atoms in total. The molecule has 5 rings (SSSR count). The van der Waals surface area contributed by atoms with Crippen LogP contribution in [0.2, 0.25) is 0 Å². The second-order valence-corrected chi connectivity index (χ2v) is 10.1. The van der Waals surface area contributed by atoms with E-state index in [1.165, 1.54) is 10.3 Å². The van der Waals surface area contributed by atoms with Crippen molar-refractivity contribution in [2.24, 2.45) is 5.92 Å². The Bertz CT molecular complexity index is 1010. The predicted molar refractivity (Wildman–Crippen MR) is 115 cm³/mol. The molecule has 0 saturated carbocycles. The molecule has 2 saturated heterocycles. The Morgan fingerprint density at radius 3 is 2.86 bits per heavy atom. The van der Waals surface area contributed by atoms with Gasteiger partial charge in [-0.1, -0.05) is 25.1 Å². The van der Waals surface area contributed by atoms with Gasteiger partial charge in [0, 0.05) is 30.6 Å². The Balaban J connectivity index is 1.36. The van der Waals surface area contributed by atoms with Crippen molar-refractivity contribution in [3.05, 3.63) is 47.6 Å². The quantitative estimate of drug-likeness (QED) is 0.653. The second kappa shape index (κ2) is 7.54. The van der Waals surface area contributed by atoms with Crippen LogP contribution in [0.1, 0.15) is 24.6 Å². The number of thiophene rings is 1. The minimum Gasteiger partial charge on any atom is -0.356 e. The summed E-state index contributed by atoms with van der Waals surface area (Å²) in [6.45, 7) is 5.02. The van der Waals surface area contributed by atoms with Crippen molar-refractivity contribution < 1.29 is 4.21 Å². The predicted octanol–water partition coefficient (Wildman–Crippen LogP) is 3.88. The molecule has 2 aliphatic rings. The first-order valence-electron chi connectivity index (χ1n) is 9.96. The standard InChI is InChI=1S/C21H24N4OS2/c1-2-16-12-18-20(22-14-23-21(18)27-16)24-10-9-19-15(13-24)8-11-25(19)28(26)17-6-4-3-5-7-17/h3-7,12,14-15,19H,2,8-11,13H2,1H3/t15-,19+,28?/m0/s1. The average Bonchev–Trinajstić information content (AvgIpc) is 3.37. The van der Waals surface area contributed by atoms with Crippen LogP contribution < -0.4 is 4.90 Å². The molecule has 7 heteroatoms. The summed E-state index contributed by atoms with van der Waals surface area (Å²) in [7, 11) is -1.06. The number of hydrogen-bond donors (Lipinski definition) is 0. The number of piperidine rings is 1. The summed E-state index contributed by atoms with van der Waals surface area (Å²) in [4.78, 5) is 14.9. The molecule has 4 heterocycles. The van der Waals surface area contributed by atoms with Gasteiger partial charge in [-0.05, 0) is 43.4 Å². The first kappa shape index (κ1) is 18.2. The highest BCUT2D eigenvalue weighted by atomic mass is 32.2. The van der Waals surface area contributed by atoms with Crippen molar-refractivity contribution in [3.8, 4) is 0 Å². The molecule has 0 amide bonds. The number of fused-ring (bicyclic) bond motifs is 2. The van der Waals surface area contributed by atoms with Gasteiger partial charge in [0.1, 0.15) is 28.0 Å². The van der Waals surface area contributed by atoms with E-state index in [0.717, 1.165) is 54.4 Å². The Hall–Kier alpha value is -1.83. The normalized spacial score (nSPS) is 23.8. The number of hydrogen-bond acceptors (Lipinski definition) is 5. The highest BCUT2D eigenvalue weighted by Gasteiger charge is 2.41. The van der Waals surface area contributed by atoms with Gasteiger partial charge < -0.3 is 4.90 Å². The third-order valence-corrected chi connectivity index (χ3v) is 8.69. The lowest BCUT2D eigenvalue weighted by atomic mass is 9.93. The van der Waals surface area contributed by atoms with E-state index in [1.807, 2.05) is 30.3 Å². The number of rotatable bonds is 4. The minimum absolute atomic E-state index is 0.392. The maximum atomic E-state index is 13.1. The van der Waals surface area contributed by atoms with Crippen LogP contribution in [-0.4, -0.2) is 44.2 Å². The third-order valence-electron chi connectivity index (χ3n) is 5.95. The van der Waals surface area contributed by atoms with Gasteiger partial charge in [-0.25, -0.2) is 18.5 Å². The van der Waals surface area contributed by atoms with Gasteiger partial charge in [-0.3, -0.25) is 0 Å². The maximum absolute atomic E-state index is 13.1. The molecule has 146 valence electrons. The summed E-state index contributed by atoms with van der Waals surface area (Å²) in [6.07, 6.45) is 4.86. The van der Waals surface area contributed by atoms with E-state index >= 15 is 0 Å². The van der Waals surface area contributed by atoms with Crippen LogP contribution in [0.15, 0.2) is 47.6 Å². The Kier molecular flexibility index (Phi) is 4.90. The van der Waals surface area contributed by atoms with E-state index < -0.39 is 11.0 Å². The summed E-state index contributed by atoms with van der Waals surface area (Å²) in [5.74, 6) is 1.61. The third kappa shape index (κ3) is 3.15. The van der Waals surface area contributed by atoms with Crippen LogP contribution in [0.4, 0.5) is 5.82 Å². The first-order chi connectivity index (χ1) is 13.7. The molecular formula is C21H24N4OS2. The van der Waals surface area contributed by atoms with Gasteiger partial charge in [0.05, 0.1) is 10.3 Å². The smallest absolute Gasteiger partial charge is 0.140 e. The molecule has 1 unspecified atom stereocenters. The number of aromatic nitrogens is 2. The van der Waals surface area contributed by atoms with Crippen molar-refractivity contribution in [2.75, 3.05) is 24.5 Å². The molecule has 1 aromatic carbocycles. The van der Waals surface area contributed by atoms with Gasteiger partial charge in [-0.2, -0.15) is 0 Å². The van der Waals surface area contributed by atoms with Crippen molar-refractivity contribution in [2.45, 2.75) is 37.1 Å². The van der Waals surface area contributed by atoms with Crippen LogP contribution in [0.5, 0.6) is 0 Å². The van der Waals surface area contributed by atoms with E-state index in [9.17, 15) is 4.21 Å². The van der Waals surface area contributed by atoms with E-state index in [1.54, 1.807) is 17.7 Å². The molecule has 3 aromatic rings. The monoisotopic (exact) mass is 412 g/mol. The molecule has 0 N–H and O–H groups in total. The number of benzene rings is 1. The largest absolute Gasteiger partial charge is 0.356 e. The van der Waals surface area contributed by atoms with Crippen LogP contribution in [0, 0.1) is 5.92 Å². The summed E-state index contributed by atoms with van der Waals surface area (Å²) in [5.41, 5.74) is 0. The summed E-state index contributed by atoms with van der Waals surface area (Å²) in [5, 5.41) is 1.19. The average molecular weight is 413 g/mol. The lowest BCUT2D eigenvalue weighted by molar-refractivity contribution is 0.302. The van der Waals surface area contributed by atoms with Crippen molar-refractivity contribution in [1.29, 1.82) is 0 Å². The SMILES string of the molecule is CCc1cc2c(N3CC[C@@H]4[C@@H](CCN4S(=O)c4ccccc4)C3)ncnc2s1. The highest BCUT2D eigenvalue weighted by Crippen LogP contribution is 2.37. The maximum Gasteiger partial charge on any atom is 0.140 e. The number of nitrogens with zero attached hydrogens (tertiary/aromatic N) is 4. The summed E-state index contributed by atoms with van der Waals surface area (Å²) < 4.78 is 15.3. The Morgan fingerprint density at radius 1 is 1.18 bits per heavy atom. The zero-order chi connectivity index (χ0) is 19.1. The molecular weight excluding hydrogens is 388 g/mol. The van der Waals surface area contributed by atoms with Crippen LogP contribution in [-0.2, 0) is 17.4 Å².